The second kappa shape index (κ2) is 9.75. The monoisotopic (exact) mass is 350 g/mol. The molecule has 1 saturated heterocycles. The quantitative estimate of drug-likeness (QED) is 0.573. The van der Waals surface area contributed by atoms with Crippen LogP contribution in [0.1, 0.15) is 42.9 Å². The third-order valence-corrected chi connectivity index (χ3v) is 4.82. The van der Waals surface area contributed by atoms with E-state index in [0.717, 1.165) is 49.5 Å². The lowest BCUT2D eigenvalue weighted by molar-refractivity contribution is -0.141. The fourth-order valence-electron chi connectivity index (χ4n) is 3.47. The molecule has 1 aromatic carbocycles. The van der Waals surface area contributed by atoms with Crippen LogP contribution in [0.5, 0.6) is 0 Å². The Kier molecular flexibility index (Phi) is 7.68. The van der Waals surface area contributed by atoms with Crippen molar-refractivity contribution in [3.63, 3.8) is 0 Å². The molecule has 0 radical (unpaired) electrons. The summed E-state index contributed by atoms with van der Waals surface area (Å²) in [6, 6.07) is 6.42. The molecule has 0 amide bonds. The number of carbonyl (C=O) groups is 1. The highest BCUT2D eigenvalue weighted by molar-refractivity contribution is 5.70. The molecule has 0 spiro atoms. The van der Waals surface area contributed by atoms with Crippen molar-refractivity contribution in [1.29, 1.82) is 0 Å². The molecule has 25 heavy (non-hydrogen) atoms. The summed E-state index contributed by atoms with van der Waals surface area (Å²) in [5.74, 6) is -0.304. The summed E-state index contributed by atoms with van der Waals surface area (Å²) in [5.41, 5.74) is 9.30. The Balaban J connectivity index is 2.20. The minimum absolute atomic E-state index is 0.0581. The number of nitrogen functional groups attached to an aromatic ring is 1. The van der Waals surface area contributed by atoms with E-state index in [1.807, 2.05) is 6.07 Å². The predicted octanol–water partition coefficient (Wildman–Crippen LogP) is 2.35. The molecular weight excluding hydrogens is 320 g/mol. The van der Waals surface area contributed by atoms with Crippen LogP contribution < -0.4 is 5.73 Å². The van der Waals surface area contributed by atoms with Gasteiger partial charge in [0.1, 0.15) is 0 Å². The molecule has 140 valence electrons. The summed E-state index contributed by atoms with van der Waals surface area (Å²) >= 11 is 0. The Labute approximate surface area is 150 Å². The summed E-state index contributed by atoms with van der Waals surface area (Å²) < 4.78 is 15.5. The number of hydrogen-bond acceptors (Lipinski definition) is 6. The van der Waals surface area contributed by atoms with Crippen molar-refractivity contribution < 1.29 is 19.0 Å². The maximum absolute atomic E-state index is 11.7. The van der Waals surface area contributed by atoms with Crippen LogP contribution in [0.25, 0.3) is 0 Å². The Morgan fingerprint density at radius 1 is 1.32 bits per heavy atom. The zero-order valence-electron chi connectivity index (χ0n) is 15.5. The van der Waals surface area contributed by atoms with E-state index in [2.05, 4.69) is 24.0 Å². The lowest BCUT2D eigenvalue weighted by Crippen LogP contribution is -2.39. The van der Waals surface area contributed by atoms with Gasteiger partial charge in [0, 0.05) is 37.8 Å². The molecule has 6 nitrogen and oxygen atoms in total. The maximum atomic E-state index is 11.7. The van der Waals surface area contributed by atoms with E-state index in [4.69, 9.17) is 19.9 Å². The Morgan fingerprint density at radius 2 is 2.04 bits per heavy atom. The van der Waals surface area contributed by atoms with E-state index in [9.17, 15) is 4.79 Å². The Hall–Kier alpha value is -1.63. The van der Waals surface area contributed by atoms with Crippen molar-refractivity contribution in [2.45, 2.75) is 31.7 Å². The molecule has 2 N–H and O–H groups in total. The van der Waals surface area contributed by atoms with Crippen molar-refractivity contribution in [2.24, 2.45) is 0 Å². The molecule has 1 aromatic rings. The molecule has 6 heteroatoms. The number of nitrogens with two attached hydrogens (primary N) is 1. The molecule has 2 rings (SSSR count). The first-order chi connectivity index (χ1) is 12.1. The zero-order valence-corrected chi connectivity index (χ0v) is 15.5. The van der Waals surface area contributed by atoms with Crippen LogP contribution in [0.2, 0.25) is 0 Å². The Morgan fingerprint density at radius 3 is 2.60 bits per heavy atom. The van der Waals surface area contributed by atoms with Crippen LogP contribution in [0, 0.1) is 0 Å². The van der Waals surface area contributed by atoms with E-state index in [1.165, 1.54) is 7.11 Å². The number of anilines is 1. The number of morpholine rings is 1. The van der Waals surface area contributed by atoms with E-state index < -0.39 is 0 Å². The number of ether oxygens (including phenoxy) is 3. The van der Waals surface area contributed by atoms with Gasteiger partial charge < -0.3 is 19.9 Å². The summed E-state index contributed by atoms with van der Waals surface area (Å²) in [5, 5.41) is 0. The molecular formula is C19H30N2O4. The SMILES string of the molecule is CCC(c1ccc(C(COC)CC(=O)OC)cc1N)N1CCOCC1. The molecule has 0 saturated carbocycles. The van der Waals surface area contributed by atoms with Crippen LogP contribution in [0.15, 0.2) is 18.2 Å². The van der Waals surface area contributed by atoms with Gasteiger partial charge in [-0.2, -0.15) is 0 Å². The average Bonchev–Trinajstić information content (AvgIpc) is 2.64. The largest absolute Gasteiger partial charge is 0.469 e. The first kappa shape index (κ1) is 19.7. The van der Waals surface area contributed by atoms with E-state index in [0.29, 0.717) is 12.6 Å². The number of hydrogen-bond donors (Lipinski definition) is 1. The highest BCUT2D eigenvalue weighted by Gasteiger charge is 2.24. The zero-order chi connectivity index (χ0) is 18.2. The van der Waals surface area contributed by atoms with Crippen molar-refractivity contribution in [3.8, 4) is 0 Å². The summed E-state index contributed by atoms with van der Waals surface area (Å²) in [6.07, 6.45) is 1.27. The molecule has 1 aliphatic rings. The van der Waals surface area contributed by atoms with Gasteiger partial charge in [0.05, 0.1) is 33.4 Å². The molecule has 2 unspecified atom stereocenters. The summed E-state index contributed by atoms with van der Waals surface area (Å²) in [7, 11) is 3.03. The number of carbonyl (C=O) groups excluding carboxylic acids is 1. The van der Waals surface area contributed by atoms with Crippen molar-refractivity contribution in [3.05, 3.63) is 29.3 Å². The number of rotatable bonds is 8. The predicted molar refractivity (Wildman–Crippen MR) is 97.5 cm³/mol. The number of benzene rings is 1. The Bertz CT molecular complexity index is 558. The minimum Gasteiger partial charge on any atom is -0.469 e. The van der Waals surface area contributed by atoms with Gasteiger partial charge in [0.15, 0.2) is 0 Å². The first-order valence-corrected chi connectivity index (χ1v) is 8.87. The lowest BCUT2D eigenvalue weighted by atomic mass is 9.92. The second-order valence-corrected chi connectivity index (χ2v) is 6.39. The van der Waals surface area contributed by atoms with Gasteiger partial charge >= 0.3 is 5.97 Å². The van der Waals surface area contributed by atoms with Crippen LogP contribution >= 0.6 is 0 Å². The number of nitrogens with zero attached hydrogens (tertiary/aromatic N) is 1. The van der Waals surface area contributed by atoms with Gasteiger partial charge in [-0.15, -0.1) is 0 Å². The van der Waals surface area contributed by atoms with Crippen LogP contribution in [0.4, 0.5) is 5.69 Å². The fourth-order valence-corrected chi connectivity index (χ4v) is 3.47. The van der Waals surface area contributed by atoms with E-state index in [1.54, 1.807) is 7.11 Å². The lowest BCUT2D eigenvalue weighted by Gasteiger charge is -2.35. The van der Waals surface area contributed by atoms with Gasteiger partial charge in [0.2, 0.25) is 0 Å². The molecule has 1 fully saturated rings. The third kappa shape index (κ3) is 5.17. The standard InChI is InChI=1S/C19H30N2O4/c1-4-18(21-7-9-25-10-8-21)16-6-5-14(11-17(16)20)15(13-23-2)12-19(22)24-3/h5-6,11,15,18H,4,7-10,12-13,20H2,1-3H3. The normalized spacial score (nSPS) is 17.9. The minimum atomic E-state index is -0.246. The maximum Gasteiger partial charge on any atom is 0.306 e. The van der Waals surface area contributed by atoms with Crippen LogP contribution in [-0.4, -0.2) is 58.0 Å². The summed E-state index contributed by atoms with van der Waals surface area (Å²) in [4.78, 5) is 14.1. The molecule has 0 aliphatic carbocycles. The van der Waals surface area contributed by atoms with Crippen molar-refractivity contribution in [2.75, 3.05) is 52.9 Å². The van der Waals surface area contributed by atoms with Gasteiger partial charge in [0.25, 0.3) is 0 Å². The van der Waals surface area contributed by atoms with Gasteiger partial charge in [-0.25, -0.2) is 0 Å². The molecule has 1 heterocycles. The van der Waals surface area contributed by atoms with Crippen LogP contribution in [-0.2, 0) is 19.0 Å². The number of methoxy groups -OCH3 is 2. The molecule has 0 bridgehead atoms. The third-order valence-electron chi connectivity index (χ3n) is 4.82. The summed E-state index contributed by atoms with van der Waals surface area (Å²) in [6.45, 7) is 6.02. The van der Waals surface area contributed by atoms with Gasteiger partial charge in [-0.05, 0) is 23.6 Å². The van der Waals surface area contributed by atoms with Crippen LogP contribution in [0.3, 0.4) is 0 Å². The smallest absolute Gasteiger partial charge is 0.306 e. The van der Waals surface area contributed by atoms with Gasteiger partial charge in [-0.3, -0.25) is 9.69 Å². The first-order valence-electron chi connectivity index (χ1n) is 8.87. The topological polar surface area (TPSA) is 74.0 Å². The highest BCUT2D eigenvalue weighted by Crippen LogP contribution is 2.32. The molecule has 2 atom stereocenters. The van der Waals surface area contributed by atoms with Gasteiger partial charge in [-0.1, -0.05) is 19.1 Å². The molecule has 1 aliphatic heterocycles. The van der Waals surface area contributed by atoms with Crippen molar-refractivity contribution in [1.82, 2.24) is 4.90 Å². The second-order valence-electron chi connectivity index (χ2n) is 6.39. The van der Waals surface area contributed by atoms with E-state index in [-0.39, 0.29) is 18.3 Å². The highest BCUT2D eigenvalue weighted by atomic mass is 16.5. The van der Waals surface area contributed by atoms with Crippen molar-refractivity contribution >= 4 is 11.7 Å². The fraction of sp³-hybridized carbons (Fsp3) is 0.632. The van der Waals surface area contributed by atoms with E-state index >= 15 is 0 Å². The number of esters is 1. The average molecular weight is 350 g/mol. The molecule has 0 aromatic heterocycles.